The van der Waals surface area contributed by atoms with Crippen LogP contribution in [0.1, 0.15) is 127 Å². The molecule has 4 aromatic carbocycles. The van der Waals surface area contributed by atoms with Gasteiger partial charge in [-0.1, -0.05) is 51.0 Å². The van der Waals surface area contributed by atoms with Crippen molar-refractivity contribution in [2.75, 3.05) is 96.0 Å². The number of hydrogen-bond acceptors (Lipinski definition) is 30. The van der Waals surface area contributed by atoms with Crippen molar-refractivity contribution in [3.63, 3.8) is 0 Å². The first-order valence-corrected chi connectivity index (χ1v) is 34.0. The molecule has 0 bridgehead atoms. The first kappa shape index (κ1) is 87.3. The van der Waals surface area contributed by atoms with Crippen molar-refractivity contribution in [2.24, 2.45) is 11.8 Å². The van der Waals surface area contributed by atoms with E-state index in [4.69, 9.17) is 66.7 Å². The quantitative estimate of drug-likeness (QED) is 0.0131. The lowest BCUT2D eigenvalue weighted by Gasteiger charge is -2.32. The molecule has 0 radical (unpaired) electrons. The van der Waals surface area contributed by atoms with Gasteiger partial charge < -0.3 is 76.5 Å². The Labute approximate surface area is 614 Å². The highest BCUT2D eigenvalue weighted by Crippen LogP contribution is 2.39. The zero-order chi connectivity index (χ0) is 78.7. The van der Waals surface area contributed by atoms with E-state index in [1.54, 1.807) is 24.3 Å². The number of nitriles is 2. The van der Waals surface area contributed by atoms with Crippen molar-refractivity contribution in [2.45, 2.75) is 155 Å². The van der Waals surface area contributed by atoms with E-state index in [0.29, 0.717) is 121 Å². The molecule has 0 aliphatic carbocycles. The van der Waals surface area contributed by atoms with Crippen LogP contribution in [0.2, 0.25) is 0 Å². The van der Waals surface area contributed by atoms with Crippen LogP contribution in [-0.4, -0.2) is 197 Å². The van der Waals surface area contributed by atoms with Crippen molar-refractivity contribution in [3.05, 3.63) is 136 Å². The molecule has 0 aliphatic heterocycles. The molecule has 0 aromatic heterocycles. The first-order chi connectivity index (χ1) is 50.5. The minimum atomic E-state index is -2.70. The van der Waals surface area contributed by atoms with Crippen LogP contribution < -0.4 is 37.9 Å². The van der Waals surface area contributed by atoms with E-state index in [-0.39, 0.29) is 34.8 Å². The topological polar surface area (TPSA) is 431 Å². The molecule has 36 heteroatoms. The second-order valence-electron chi connectivity index (χ2n) is 24.8. The minimum Gasteiger partial charge on any atom is -0.493 e. The van der Waals surface area contributed by atoms with Crippen LogP contribution in [0, 0.1) is 75.0 Å². The lowest BCUT2D eigenvalue weighted by atomic mass is 9.92. The molecule has 0 fully saturated rings. The molecular weight excluding hydrogens is 1400 g/mol. The van der Waals surface area contributed by atoms with Gasteiger partial charge in [0.15, 0.2) is 46.0 Å². The summed E-state index contributed by atoms with van der Waals surface area (Å²) in [5.74, 6) is -6.78. The van der Waals surface area contributed by atoms with Crippen LogP contribution in [0.5, 0.6) is 46.0 Å². The van der Waals surface area contributed by atoms with Gasteiger partial charge in [-0.25, -0.2) is 9.59 Å². The molecule has 0 spiro atoms. The van der Waals surface area contributed by atoms with Gasteiger partial charge in [-0.3, -0.25) is 19.4 Å². The Bertz CT molecular complexity index is 3350. The maximum atomic E-state index is 15.3. The standard InChI is InChI=1S/C70H96N10O26/c1-15-17-51(39-71)19-25-55(73(7)33-31-49-21-27-57(93-9)61(35-49)97-13)53-23-29-59(95-11)63(37-53)99-69(65(81)75(41-45(3)103-77(85)86)42-46(4)104-78(87)88)101-67(83)68(84)102-70(66(82)76(43-47(5)105-79(89)90)44-48(6)106-80(91)92)100-64-38-54(24-30-60(64)96-12)56(26-20-52(40-72)18-16-2)74(8)34-32-50-22-28-58(94-10)62(36-50)98-14/h21-24,27-30,35-38,45-48,51-52,55-56,69-70H,15-20,25-26,31-34,41-44H2,1-14H3. The summed E-state index contributed by atoms with van der Waals surface area (Å²) >= 11 is 0. The van der Waals surface area contributed by atoms with E-state index in [2.05, 4.69) is 12.1 Å². The Kier molecular flexibility index (Phi) is 36.6. The molecule has 10 atom stereocenters. The van der Waals surface area contributed by atoms with E-state index in [1.165, 1.54) is 66.9 Å². The third-order valence-corrected chi connectivity index (χ3v) is 16.9. The zero-order valence-corrected chi connectivity index (χ0v) is 62.1. The highest BCUT2D eigenvalue weighted by molar-refractivity contribution is 6.30. The first-order valence-electron chi connectivity index (χ1n) is 34.0. The van der Waals surface area contributed by atoms with Gasteiger partial charge in [0.25, 0.3) is 20.3 Å². The molecule has 4 aromatic rings. The van der Waals surface area contributed by atoms with Crippen LogP contribution >= 0.6 is 0 Å². The zero-order valence-electron chi connectivity index (χ0n) is 62.1. The number of benzene rings is 4. The van der Waals surface area contributed by atoms with Gasteiger partial charge in [-0.2, -0.15) is 10.5 Å². The van der Waals surface area contributed by atoms with Crippen LogP contribution in [0.4, 0.5) is 0 Å². The number of carbonyl (C=O) groups excluding carboxylic acids is 4. The van der Waals surface area contributed by atoms with Gasteiger partial charge in [-0.15, -0.1) is 40.5 Å². The number of esters is 2. The Morgan fingerprint density at radius 3 is 0.991 bits per heavy atom. The molecule has 4 rings (SSSR count). The van der Waals surface area contributed by atoms with Gasteiger partial charge in [0.2, 0.25) is 0 Å². The van der Waals surface area contributed by atoms with Crippen LogP contribution in [0.15, 0.2) is 72.8 Å². The highest BCUT2D eigenvalue weighted by atomic mass is 17.0. The summed E-state index contributed by atoms with van der Waals surface area (Å²) in [6, 6.07) is 23.8. The predicted octanol–water partition coefficient (Wildman–Crippen LogP) is 8.85. The molecule has 0 N–H and O–H groups in total. The summed E-state index contributed by atoms with van der Waals surface area (Å²) in [5, 5.41) is 62.3. The minimum absolute atomic E-state index is 0.118. The fraction of sp³-hybridized carbons (Fsp3) is 0.571. The second kappa shape index (κ2) is 44.5. The lowest BCUT2D eigenvalue weighted by Crippen LogP contribution is -2.51. The average molecular weight is 1490 g/mol. The molecule has 10 unspecified atom stereocenters. The molecule has 0 aliphatic rings. The van der Waals surface area contributed by atoms with Crippen LogP contribution in [0.25, 0.3) is 0 Å². The van der Waals surface area contributed by atoms with Crippen LogP contribution in [-0.2, 0) is 60.8 Å². The maximum absolute atomic E-state index is 15.3. The molecule has 582 valence electrons. The van der Waals surface area contributed by atoms with E-state index in [0.717, 1.165) is 38.8 Å². The fourth-order valence-electron chi connectivity index (χ4n) is 11.8. The summed E-state index contributed by atoms with van der Waals surface area (Å²) in [6.45, 7) is 6.17. The van der Waals surface area contributed by atoms with E-state index < -0.39 is 119 Å². The summed E-state index contributed by atoms with van der Waals surface area (Å²) in [5.41, 5.74) is 2.73. The smallest absolute Gasteiger partial charge is 0.421 e. The van der Waals surface area contributed by atoms with Crippen molar-refractivity contribution in [1.82, 2.24) is 19.6 Å². The maximum Gasteiger partial charge on any atom is 0.421 e. The third kappa shape index (κ3) is 28.1. The van der Waals surface area contributed by atoms with Crippen molar-refractivity contribution >= 4 is 23.8 Å². The van der Waals surface area contributed by atoms with Gasteiger partial charge in [-0.05, 0) is 164 Å². The highest BCUT2D eigenvalue weighted by Gasteiger charge is 2.40. The van der Waals surface area contributed by atoms with Gasteiger partial charge >= 0.3 is 36.3 Å². The number of nitrogens with zero attached hydrogens (tertiary/aromatic N) is 10. The molecule has 2 amide bonds. The summed E-state index contributed by atoms with van der Waals surface area (Å²) < 4.78 is 57.2. The van der Waals surface area contributed by atoms with E-state index >= 15 is 9.59 Å². The fourth-order valence-corrected chi connectivity index (χ4v) is 11.8. The number of methoxy groups -OCH3 is 6. The summed E-state index contributed by atoms with van der Waals surface area (Å²) in [4.78, 5) is 131. The van der Waals surface area contributed by atoms with Crippen molar-refractivity contribution < 1.29 is 106 Å². The molecule has 0 saturated heterocycles. The Morgan fingerprint density at radius 1 is 0.425 bits per heavy atom. The number of carbonyl (C=O) groups is 4. The number of rotatable bonds is 50. The predicted molar refractivity (Wildman–Crippen MR) is 374 cm³/mol. The average Bonchev–Trinajstić information content (AvgIpc) is 0.815. The lowest BCUT2D eigenvalue weighted by molar-refractivity contribution is -0.768. The molecular formula is C70H96N10O26. The van der Waals surface area contributed by atoms with Crippen LogP contribution in [0.3, 0.4) is 0 Å². The Hall–Kier alpha value is -11.1. The number of likely N-dealkylation sites (N-methyl/N-ethyl adjacent to an activating group) is 2. The normalized spacial score (nSPS) is 13.8. The van der Waals surface area contributed by atoms with Crippen molar-refractivity contribution in [3.8, 4) is 58.1 Å². The van der Waals surface area contributed by atoms with E-state index in [1.807, 2.05) is 62.0 Å². The SMILES string of the molecule is CCCC(C#N)CCC(c1ccc(OC)c(OC(OC(=O)C(=O)OC(Oc2cc(C(CCC(C#N)CCC)N(C)CCc3ccc(OC)c(OC)c3)ccc2OC)C(=O)N(CC(C)O[N+](=O)[O-])CC(C)O[N+](=O)[O-])C(=O)N(CC(C)O[N+](=O)[O-])CC(C)O[N+](=O)[O-])c1)N(C)CCc1ccc(OC)c(OC)c1. The van der Waals surface area contributed by atoms with Crippen molar-refractivity contribution in [1.29, 1.82) is 10.5 Å². The van der Waals surface area contributed by atoms with Gasteiger partial charge in [0, 0.05) is 63.2 Å². The van der Waals surface area contributed by atoms with E-state index in [9.17, 15) is 60.6 Å². The number of ether oxygens (including phenoxy) is 10. The molecule has 0 heterocycles. The number of amides is 2. The van der Waals surface area contributed by atoms with Gasteiger partial charge in [0.05, 0.1) is 54.8 Å². The Balaban J connectivity index is 1.98. The summed E-state index contributed by atoms with van der Waals surface area (Å²) in [7, 11) is 12.2. The monoisotopic (exact) mass is 1490 g/mol. The largest absolute Gasteiger partial charge is 0.493 e. The second-order valence-corrected chi connectivity index (χ2v) is 24.8. The molecule has 36 nitrogen and oxygen atoms in total. The third-order valence-electron chi connectivity index (χ3n) is 16.9. The Morgan fingerprint density at radius 2 is 0.717 bits per heavy atom. The molecule has 106 heavy (non-hydrogen) atoms. The molecule has 0 saturated carbocycles. The number of hydrogen-bond donors (Lipinski definition) is 0. The van der Waals surface area contributed by atoms with Gasteiger partial charge in [0.1, 0.15) is 24.4 Å². The summed E-state index contributed by atoms with van der Waals surface area (Å²) in [6.07, 6.45) is -6.37.